The molecule has 8 atom stereocenters. The molecule has 0 saturated carbocycles. The van der Waals surface area contributed by atoms with Gasteiger partial charge in [0.25, 0.3) is 0 Å². The van der Waals surface area contributed by atoms with E-state index >= 15 is 0 Å². The molecule has 0 aliphatic carbocycles. The fourth-order valence-corrected chi connectivity index (χ4v) is 9.00. The molecule has 8 unspecified atom stereocenters. The minimum atomic E-state index is -1.63. The van der Waals surface area contributed by atoms with Crippen LogP contribution in [0.3, 0.4) is 0 Å². The molecule has 1 fully saturated rings. The predicted molar refractivity (Wildman–Crippen MR) is 319 cm³/mol. The summed E-state index contributed by atoms with van der Waals surface area (Å²) in [5.41, 5.74) is 0. The van der Waals surface area contributed by atoms with Gasteiger partial charge in [0.05, 0.1) is 25.4 Å². The Bertz CT molecular complexity index is 1620. The maximum atomic E-state index is 13.4. The third kappa shape index (κ3) is 41.3. The number of carbonyl (C=O) groups is 2. The molecule has 0 spiro atoms. The first kappa shape index (κ1) is 71.6. The van der Waals surface area contributed by atoms with E-state index in [0.717, 1.165) is 96.3 Å². The van der Waals surface area contributed by atoms with Crippen LogP contribution in [-0.4, -0.2) is 99.6 Å². The molecule has 1 aliphatic heterocycles. The molecule has 1 heterocycles. The van der Waals surface area contributed by atoms with Gasteiger partial charge in [0.1, 0.15) is 24.4 Å². The van der Waals surface area contributed by atoms with Crippen LogP contribution in [0.1, 0.15) is 245 Å². The number of hydrogen-bond donors (Lipinski definition) is 6. The van der Waals surface area contributed by atoms with Gasteiger partial charge in [-0.05, 0) is 103 Å². The zero-order chi connectivity index (χ0) is 56.1. The number of allylic oxidation sites excluding steroid dienone is 15. The van der Waals surface area contributed by atoms with Crippen molar-refractivity contribution < 1.29 is 49.3 Å². The summed E-state index contributed by atoms with van der Waals surface area (Å²) in [5.74, 6) is -1.27. The molecule has 6 N–H and O–H groups in total. The van der Waals surface area contributed by atoms with Crippen molar-refractivity contribution >= 4 is 11.9 Å². The molecule has 0 bridgehead atoms. The number of unbranched alkanes of at least 4 members (excludes halogenated alkanes) is 23. The van der Waals surface area contributed by atoms with Crippen LogP contribution < -0.4 is 5.32 Å². The van der Waals surface area contributed by atoms with Gasteiger partial charge < -0.3 is 45.1 Å². The molecule has 0 aromatic carbocycles. The quantitative estimate of drug-likeness (QED) is 0.0195. The highest BCUT2D eigenvalue weighted by atomic mass is 16.7. The Morgan fingerprint density at radius 1 is 0.506 bits per heavy atom. The Morgan fingerprint density at radius 2 is 0.896 bits per heavy atom. The van der Waals surface area contributed by atoms with E-state index < -0.39 is 67.4 Å². The summed E-state index contributed by atoms with van der Waals surface area (Å²) < 4.78 is 17.6. The monoisotopic (exact) mass is 1080 g/mol. The lowest BCUT2D eigenvalue weighted by Crippen LogP contribution is -2.61. The largest absolute Gasteiger partial charge is 0.454 e. The minimum Gasteiger partial charge on any atom is -0.454 e. The highest BCUT2D eigenvalue weighted by Crippen LogP contribution is 2.26. The summed E-state index contributed by atoms with van der Waals surface area (Å²) >= 11 is 0. The van der Waals surface area contributed by atoms with E-state index in [1.807, 2.05) is 18.2 Å². The van der Waals surface area contributed by atoms with Crippen molar-refractivity contribution in [1.29, 1.82) is 0 Å². The third-order valence-electron chi connectivity index (χ3n) is 14.0. The highest BCUT2D eigenvalue weighted by molar-refractivity contribution is 5.80. The molecule has 1 amide bonds. The minimum absolute atomic E-state index is 0.104. The fraction of sp³-hybridized carbons (Fsp3) is 0.727. The van der Waals surface area contributed by atoms with E-state index in [4.69, 9.17) is 14.2 Å². The van der Waals surface area contributed by atoms with Crippen molar-refractivity contribution in [3.63, 3.8) is 0 Å². The van der Waals surface area contributed by atoms with Crippen LogP contribution in [0.15, 0.2) is 97.2 Å². The second kappa shape index (κ2) is 53.2. The molecule has 1 rings (SSSR count). The van der Waals surface area contributed by atoms with Gasteiger partial charge in [0, 0.05) is 6.42 Å². The van der Waals surface area contributed by atoms with Crippen LogP contribution in [0.4, 0.5) is 0 Å². The number of esters is 1. The van der Waals surface area contributed by atoms with E-state index in [9.17, 15) is 35.1 Å². The Morgan fingerprint density at radius 3 is 1.36 bits per heavy atom. The highest BCUT2D eigenvalue weighted by Gasteiger charge is 2.47. The fourth-order valence-electron chi connectivity index (χ4n) is 9.00. The van der Waals surface area contributed by atoms with Crippen LogP contribution in [0.5, 0.6) is 0 Å². The molecule has 1 aliphatic rings. The Balaban J connectivity index is 2.70. The summed E-state index contributed by atoms with van der Waals surface area (Å²) in [4.78, 5) is 26.5. The SMILES string of the molecule is CCCCC/C=C\C/C=C\C/C=C\C/C=C\CCC(O)C(=O)NC(COC1OC(CO)C(O)C(O)C1OC(=O)CCCCCCCCCC/C=C\C/C=C\C/C=C\CCCCC)C(O)/C=C/CCCCCCCCCCC. The first-order chi connectivity index (χ1) is 37.7. The Hall–Kier alpha value is -3.42. The van der Waals surface area contributed by atoms with Gasteiger partial charge in [0.15, 0.2) is 12.4 Å². The molecular weight excluding hydrogens is 967 g/mol. The average molecular weight is 1080 g/mol. The number of ether oxygens (including phenoxy) is 3. The summed E-state index contributed by atoms with van der Waals surface area (Å²) in [6.45, 7) is 5.68. The second-order valence-electron chi connectivity index (χ2n) is 21.1. The zero-order valence-corrected chi connectivity index (χ0v) is 48.8. The van der Waals surface area contributed by atoms with Crippen LogP contribution >= 0.6 is 0 Å². The van der Waals surface area contributed by atoms with Crippen molar-refractivity contribution in [2.24, 2.45) is 0 Å². The lowest BCUT2D eigenvalue weighted by atomic mass is 9.99. The summed E-state index contributed by atoms with van der Waals surface area (Å²) in [7, 11) is 0. The topological polar surface area (TPSA) is 175 Å². The number of aliphatic hydroxyl groups is 5. The first-order valence-electron chi connectivity index (χ1n) is 31.0. The van der Waals surface area contributed by atoms with Crippen LogP contribution in [-0.2, 0) is 23.8 Å². The molecule has 11 nitrogen and oxygen atoms in total. The van der Waals surface area contributed by atoms with Gasteiger partial charge in [-0.25, -0.2) is 0 Å². The molecular formula is C66H113NO10. The third-order valence-corrected chi connectivity index (χ3v) is 14.0. The zero-order valence-electron chi connectivity index (χ0n) is 48.8. The van der Waals surface area contributed by atoms with E-state index in [2.05, 4.69) is 99.0 Å². The van der Waals surface area contributed by atoms with Crippen molar-refractivity contribution in [2.45, 2.75) is 294 Å². The van der Waals surface area contributed by atoms with Crippen LogP contribution in [0.25, 0.3) is 0 Å². The van der Waals surface area contributed by atoms with E-state index in [0.29, 0.717) is 12.8 Å². The second-order valence-corrected chi connectivity index (χ2v) is 21.1. The number of aliphatic hydroxyl groups excluding tert-OH is 5. The number of rotatable bonds is 51. The normalized spacial score (nSPS) is 19.7. The van der Waals surface area contributed by atoms with Crippen molar-refractivity contribution in [1.82, 2.24) is 5.32 Å². The molecule has 442 valence electrons. The standard InChI is InChI=1S/C66H113NO10/c1-4-7-10-13-16-19-22-24-26-28-29-30-31-32-34-36-39-42-45-48-51-54-61(71)77-64-63(73)62(72)60(55-68)76-66(64)75-56-57(58(69)52-49-46-43-40-37-21-18-15-12-9-6-3)67-65(74)59(70)53-50-47-44-41-38-35-33-27-25-23-20-17-14-11-8-5-2/h16-17,19-20,24-27,29-30,35,38,44,47,49,52,57-60,62-64,66,68-70,72-73H,4-15,18,21-23,28,31-34,36-37,39-43,45-46,48,50-51,53-56H2,1-3H3,(H,67,74)/b19-16-,20-17-,26-24-,27-25-,30-29-,38-35-,47-44-,52-49+. The maximum Gasteiger partial charge on any atom is 0.306 e. The average Bonchev–Trinajstić information content (AvgIpc) is 3.43. The maximum absolute atomic E-state index is 13.4. The van der Waals surface area contributed by atoms with Gasteiger partial charge in [-0.3, -0.25) is 9.59 Å². The van der Waals surface area contributed by atoms with Crippen LogP contribution in [0.2, 0.25) is 0 Å². The Kier molecular flexibility index (Phi) is 49.5. The van der Waals surface area contributed by atoms with Crippen LogP contribution in [0, 0.1) is 0 Å². The summed E-state index contributed by atoms with van der Waals surface area (Å²) in [6.07, 6.45) is 60.2. The number of amides is 1. The van der Waals surface area contributed by atoms with E-state index in [-0.39, 0.29) is 19.4 Å². The lowest BCUT2D eigenvalue weighted by Gasteiger charge is -2.41. The van der Waals surface area contributed by atoms with Gasteiger partial charge >= 0.3 is 5.97 Å². The van der Waals surface area contributed by atoms with Gasteiger partial charge in [-0.2, -0.15) is 0 Å². The smallest absolute Gasteiger partial charge is 0.306 e. The molecule has 77 heavy (non-hydrogen) atoms. The molecule has 0 aromatic rings. The molecule has 0 aromatic heterocycles. The van der Waals surface area contributed by atoms with Crippen molar-refractivity contribution in [2.75, 3.05) is 13.2 Å². The number of nitrogens with one attached hydrogen (secondary N) is 1. The molecule has 1 saturated heterocycles. The van der Waals surface area contributed by atoms with Gasteiger partial charge in [0.2, 0.25) is 5.91 Å². The van der Waals surface area contributed by atoms with Gasteiger partial charge in [-0.1, -0.05) is 234 Å². The Labute approximate surface area is 469 Å². The predicted octanol–water partition coefficient (Wildman–Crippen LogP) is 14.7. The summed E-state index contributed by atoms with van der Waals surface area (Å²) in [5, 5.41) is 56.8. The van der Waals surface area contributed by atoms with E-state index in [1.54, 1.807) is 6.08 Å². The number of hydrogen-bond acceptors (Lipinski definition) is 10. The summed E-state index contributed by atoms with van der Waals surface area (Å²) in [6, 6.07) is -1.06. The van der Waals surface area contributed by atoms with Crippen molar-refractivity contribution in [3.05, 3.63) is 97.2 Å². The molecule has 11 heteroatoms. The molecule has 0 radical (unpaired) electrons. The van der Waals surface area contributed by atoms with Gasteiger partial charge in [-0.15, -0.1) is 0 Å². The van der Waals surface area contributed by atoms with Crippen molar-refractivity contribution in [3.8, 4) is 0 Å². The first-order valence-corrected chi connectivity index (χ1v) is 31.0. The number of carbonyl (C=O) groups excluding carboxylic acids is 2. The van der Waals surface area contributed by atoms with E-state index in [1.165, 1.54) is 103 Å². The lowest BCUT2D eigenvalue weighted by molar-refractivity contribution is -0.305.